The van der Waals surface area contributed by atoms with Gasteiger partial charge in [-0.2, -0.15) is 0 Å². The number of aromatic nitrogens is 1. The number of benzene rings is 4. The van der Waals surface area contributed by atoms with Gasteiger partial charge in [-0.3, -0.25) is 0 Å². The Hall–Kier alpha value is -4.63. The molecular formula is C33H24N2O. The average molecular weight is 465 g/mol. The van der Waals surface area contributed by atoms with Crippen LogP contribution < -0.4 is 9.64 Å². The maximum atomic E-state index is 6.18. The van der Waals surface area contributed by atoms with Crippen LogP contribution in [0.2, 0.25) is 0 Å². The van der Waals surface area contributed by atoms with Crippen LogP contribution in [-0.2, 0) is 0 Å². The van der Waals surface area contributed by atoms with Gasteiger partial charge in [0.25, 0.3) is 0 Å². The predicted octanol–water partition coefficient (Wildman–Crippen LogP) is 8.14. The van der Waals surface area contributed by atoms with Gasteiger partial charge in [0.15, 0.2) is 0 Å². The Bertz CT molecular complexity index is 1560. The van der Waals surface area contributed by atoms with Crippen molar-refractivity contribution in [3.63, 3.8) is 0 Å². The molecule has 0 amide bonds. The Morgan fingerprint density at radius 3 is 2.11 bits per heavy atom. The van der Waals surface area contributed by atoms with Crippen LogP contribution >= 0.6 is 0 Å². The van der Waals surface area contributed by atoms with E-state index in [2.05, 4.69) is 131 Å². The number of anilines is 3. The van der Waals surface area contributed by atoms with Crippen molar-refractivity contribution in [2.24, 2.45) is 0 Å². The topological polar surface area (TPSA) is 25.4 Å². The summed E-state index contributed by atoms with van der Waals surface area (Å²) in [5.74, 6) is 0.888. The summed E-state index contributed by atoms with van der Waals surface area (Å²) in [5, 5.41) is 0. The molecule has 0 N–H and O–H groups in total. The quantitative estimate of drug-likeness (QED) is 0.268. The van der Waals surface area contributed by atoms with Crippen molar-refractivity contribution >= 4 is 23.1 Å². The molecule has 1 aromatic heterocycles. The molecule has 2 atom stereocenters. The Labute approximate surface area is 211 Å². The molecular weight excluding hydrogens is 440 g/mol. The van der Waals surface area contributed by atoms with Crippen LogP contribution in [0.4, 0.5) is 17.1 Å². The molecule has 3 nitrogen and oxygen atoms in total. The molecule has 2 aliphatic rings. The van der Waals surface area contributed by atoms with Gasteiger partial charge in [0.2, 0.25) is 5.88 Å². The van der Waals surface area contributed by atoms with Gasteiger partial charge in [-0.05, 0) is 70.8 Å². The number of nitrogens with zero attached hydrogens (tertiary/aromatic N) is 2. The van der Waals surface area contributed by atoms with E-state index in [0.717, 1.165) is 28.5 Å². The van der Waals surface area contributed by atoms with Gasteiger partial charge in [0, 0.05) is 28.8 Å². The molecule has 172 valence electrons. The second kappa shape index (κ2) is 8.54. The maximum Gasteiger partial charge on any atom is 0.217 e. The Balaban J connectivity index is 1.34. The second-order valence-corrected chi connectivity index (χ2v) is 9.21. The molecule has 7 rings (SSSR count). The Morgan fingerprint density at radius 2 is 1.31 bits per heavy atom. The minimum atomic E-state index is -0.0204. The normalized spacial score (nSPS) is 17.0. The van der Waals surface area contributed by atoms with Crippen LogP contribution in [0.1, 0.15) is 22.6 Å². The first-order valence-electron chi connectivity index (χ1n) is 12.3. The van der Waals surface area contributed by atoms with E-state index in [1.54, 1.807) is 6.20 Å². The highest BCUT2D eigenvalue weighted by atomic mass is 16.5. The number of rotatable bonds is 4. The van der Waals surface area contributed by atoms with Gasteiger partial charge in [0.05, 0.1) is 5.92 Å². The zero-order valence-corrected chi connectivity index (χ0v) is 19.7. The molecule has 0 saturated carbocycles. The monoisotopic (exact) mass is 464 g/mol. The number of ether oxygens (including phenoxy) is 1. The van der Waals surface area contributed by atoms with Crippen molar-refractivity contribution in [1.29, 1.82) is 0 Å². The number of pyridine rings is 1. The van der Waals surface area contributed by atoms with Crippen molar-refractivity contribution in [2.45, 2.75) is 12.0 Å². The third kappa shape index (κ3) is 3.48. The number of hydrogen-bond donors (Lipinski definition) is 0. The fourth-order valence-corrected chi connectivity index (χ4v) is 5.39. The van der Waals surface area contributed by atoms with Crippen molar-refractivity contribution in [2.75, 3.05) is 4.90 Å². The average Bonchev–Trinajstić information content (AvgIpc) is 3.34. The summed E-state index contributed by atoms with van der Waals surface area (Å²) in [6, 6.07) is 40.7. The summed E-state index contributed by atoms with van der Waals surface area (Å²) in [4.78, 5) is 6.80. The zero-order valence-electron chi connectivity index (χ0n) is 19.7. The van der Waals surface area contributed by atoms with Crippen LogP contribution in [0.5, 0.6) is 5.88 Å². The Morgan fingerprint density at radius 1 is 0.611 bits per heavy atom. The molecule has 1 aliphatic carbocycles. The summed E-state index contributed by atoms with van der Waals surface area (Å²) in [6.07, 6.45) is 6.11. The SMILES string of the molecule is C1=CC2Oc3ncccc3C2c2cc(N(c3ccccc3)c3ccc(-c4ccccc4)cc3)ccc21. The minimum Gasteiger partial charge on any atom is -0.469 e. The van der Waals surface area contributed by atoms with E-state index in [0.29, 0.717) is 0 Å². The first-order valence-corrected chi connectivity index (χ1v) is 12.3. The Kier molecular flexibility index (Phi) is 4.92. The standard InChI is InChI=1S/C33H24N2O/c1-3-8-23(9-4-1)24-13-17-27(18-14-24)35(26-10-5-2-6-11-26)28-19-15-25-16-20-31-32(30(25)22-28)29-12-7-21-34-33(29)36-31/h1-22,31-32H. The third-order valence-corrected chi connectivity index (χ3v) is 7.09. The molecule has 0 saturated heterocycles. The molecule has 5 aromatic rings. The smallest absolute Gasteiger partial charge is 0.217 e. The first-order chi connectivity index (χ1) is 17.8. The molecule has 4 aromatic carbocycles. The molecule has 1 aliphatic heterocycles. The fraction of sp³-hybridized carbons (Fsp3) is 0.0606. The first kappa shape index (κ1) is 20.7. The van der Waals surface area contributed by atoms with E-state index in [1.807, 2.05) is 6.07 Å². The van der Waals surface area contributed by atoms with Gasteiger partial charge in [-0.25, -0.2) is 4.98 Å². The predicted molar refractivity (Wildman–Crippen MR) is 146 cm³/mol. The molecule has 0 fully saturated rings. The van der Waals surface area contributed by atoms with E-state index >= 15 is 0 Å². The molecule has 2 heterocycles. The van der Waals surface area contributed by atoms with Gasteiger partial charge in [-0.1, -0.05) is 78.9 Å². The van der Waals surface area contributed by atoms with E-state index in [4.69, 9.17) is 4.74 Å². The number of fused-ring (bicyclic) bond motifs is 5. The lowest BCUT2D eigenvalue weighted by Gasteiger charge is -2.29. The number of hydrogen-bond acceptors (Lipinski definition) is 3. The second-order valence-electron chi connectivity index (χ2n) is 9.21. The van der Waals surface area contributed by atoms with Gasteiger partial charge in [0.1, 0.15) is 6.10 Å². The highest BCUT2D eigenvalue weighted by Crippen LogP contribution is 2.47. The summed E-state index contributed by atoms with van der Waals surface area (Å²) < 4.78 is 6.18. The van der Waals surface area contributed by atoms with E-state index in [-0.39, 0.29) is 12.0 Å². The lowest BCUT2D eigenvalue weighted by Crippen LogP contribution is -2.21. The van der Waals surface area contributed by atoms with Crippen molar-refractivity contribution < 1.29 is 4.74 Å². The summed E-state index contributed by atoms with van der Waals surface area (Å²) >= 11 is 0. The molecule has 2 unspecified atom stereocenters. The zero-order chi connectivity index (χ0) is 23.9. The van der Waals surface area contributed by atoms with Crippen LogP contribution in [-0.4, -0.2) is 11.1 Å². The van der Waals surface area contributed by atoms with E-state index < -0.39 is 0 Å². The molecule has 0 bridgehead atoms. The molecule has 0 spiro atoms. The number of para-hydroxylation sites is 1. The van der Waals surface area contributed by atoms with Crippen LogP contribution in [0.3, 0.4) is 0 Å². The molecule has 3 heteroatoms. The van der Waals surface area contributed by atoms with E-state index in [9.17, 15) is 0 Å². The third-order valence-electron chi connectivity index (χ3n) is 7.09. The van der Waals surface area contributed by atoms with Crippen LogP contribution in [0, 0.1) is 0 Å². The van der Waals surface area contributed by atoms with Crippen LogP contribution in [0.15, 0.2) is 128 Å². The fourth-order valence-electron chi connectivity index (χ4n) is 5.39. The van der Waals surface area contributed by atoms with Crippen molar-refractivity contribution in [1.82, 2.24) is 4.98 Å². The lowest BCUT2D eigenvalue weighted by molar-refractivity contribution is 0.259. The van der Waals surface area contributed by atoms with Gasteiger partial charge in [-0.15, -0.1) is 0 Å². The highest BCUT2D eigenvalue weighted by molar-refractivity contribution is 5.80. The van der Waals surface area contributed by atoms with Gasteiger partial charge < -0.3 is 9.64 Å². The summed E-state index contributed by atoms with van der Waals surface area (Å²) in [7, 11) is 0. The van der Waals surface area contributed by atoms with Crippen LogP contribution in [0.25, 0.3) is 17.2 Å². The minimum absolute atomic E-state index is 0.0204. The van der Waals surface area contributed by atoms with Crippen molar-refractivity contribution in [3.05, 3.63) is 144 Å². The highest BCUT2D eigenvalue weighted by Gasteiger charge is 2.38. The van der Waals surface area contributed by atoms with Crippen molar-refractivity contribution in [3.8, 4) is 17.0 Å². The van der Waals surface area contributed by atoms with E-state index in [1.165, 1.54) is 22.3 Å². The summed E-state index contributed by atoms with van der Waals surface area (Å²) in [6.45, 7) is 0. The maximum absolute atomic E-state index is 6.18. The molecule has 36 heavy (non-hydrogen) atoms. The van der Waals surface area contributed by atoms with Gasteiger partial charge >= 0.3 is 0 Å². The molecule has 0 radical (unpaired) electrons. The largest absolute Gasteiger partial charge is 0.469 e. The lowest BCUT2D eigenvalue weighted by atomic mass is 9.82. The summed E-state index contributed by atoms with van der Waals surface area (Å²) in [5.41, 5.74) is 9.45.